The first-order valence-corrected chi connectivity index (χ1v) is 9.93. The van der Waals surface area contributed by atoms with Crippen molar-refractivity contribution in [1.29, 1.82) is 0 Å². The van der Waals surface area contributed by atoms with Crippen LogP contribution in [0.2, 0.25) is 0 Å². The van der Waals surface area contributed by atoms with Crippen molar-refractivity contribution in [3.8, 4) is 5.75 Å². The van der Waals surface area contributed by atoms with E-state index in [0.717, 1.165) is 44.8 Å². The third kappa shape index (κ3) is 5.31. The van der Waals surface area contributed by atoms with Gasteiger partial charge < -0.3 is 10.1 Å². The molecule has 2 heterocycles. The van der Waals surface area contributed by atoms with Crippen molar-refractivity contribution in [1.82, 2.24) is 10.2 Å². The fourth-order valence-electron chi connectivity index (χ4n) is 3.20. The minimum absolute atomic E-state index is 0.00347. The Kier molecular flexibility index (Phi) is 6.48. The zero-order valence-electron chi connectivity index (χ0n) is 14.7. The molecule has 1 aliphatic heterocycles. The average Bonchev–Trinajstić information content (AvgIpc) is 3.15. The maximum absolute atomic E-state index is 12.3. The quantitative estimate of drug-likeness (QED) is 0.819. The lowest BCUT2D eigenvalue weighted by Gasteiger charge is -2.31. The number of carbonyl (C=O) groups is 1. The second-order valence-electron chi connectivity index (χ2n) is 6.52. The number of nitrogens with zero attached hydrogens (tertiary/aromatic N) is 1. The van der Waals surface area contributed by atoms with E-state index in [2.05, 4.69) is 27.0 Å². The van der Waals surface area contributed by atoms with Gasteiger partial charge in [0.15, 0.2) is 0 Å². The third-order valence-corrected chi connectivity index (χ3v) is 5.40. The largest absolute Gasteiger partial charge is 0.494 e. The first-order valence-electron chi connectivity index (χ1n) is 8.99. The van der Waals surface area contributed by atoms with Gasteiger partial charge in [0.1, 0.15) is 5.75 Å². The molecule has 0 aliphatic carbocycles. The lowest BCUT2D eigenvalue weighted by molar-refractivity contribution is 0.0935. The van der Waals surface area contributed by atoms with Gasteiger partial charge in [0.05, 0.1) is 6.61 Å². The topological polar surface area (TPSA) is 41.6 Å². The van der Waals surface area contributed by atoms with Gasteiger partial charge in [0, 0.05) is 18.7 Å². The Morgan fingerprint density at radius 1 is 1.24 bits per heavy atom. The van der Waals surface area contributed by atoms with Gasteiger partial charge in [-0.25, -0.2) is 0 Å². The van der Waals surface area contributed by atoms with Crippen LogP contribution >= 0.6 is 11.3 Å². The molecule has 0 saturated carbocycles. The van der Waals surface area contributed by atoms with Gasteiger partial charge in [-0.15, -0.1) is 0 Å². The summed E-state index contributed by atoms with van der Waals surface area (Å²) in [6.45, 7) is 6.62. The highest BCUT2D eigenvalue weighted by Crippen LogP contribution is 2.19. The standard InChI is InChI=1S/C20H26N2O2S/c1-2-24-19-5-3-18(4-6-19)20(23)21-13-16-7-10-22(11-8-16)14-17-9-12-25-15-17/h3-6,9,12,15-16H,2,7-8,10-11,13-14H2,1H3,(H,21,23). The number of benzene rings is 1. The Bertz CT molecular complexity index is 647. The van der Waals surface area contributed by atoms with E-state index in [9.17, 15) is 4.79 Å². The van der Waals surface area contributed by atoms with E-state index in [0.29, 0.717) is 18.1 Å². The minimum Gasteiger partial charge on any atom is -0.494 e. The molecular formula is C20H26N2O2S. The van der Waals surface area contributed by atoms with Crippen molar-refractivity contribution in [2.24, 2.45) is 5.92 Å². The highest BCUT2D eigenvalue weighted by molar-refractivity contribution is 7.07. The summed E-state index contributed by atoms with van der Waals surface area (Å²) in [4.78, 5) is 14.8. The van der Waals surface area contributed by atoms with Crippen molar-refractivity contribution >= 4 is 17.2 Å². The first kappa shape index (κ1) is 18.0. The number of hydrogen-bond acceptors (Lipinski definition) is 4. The lowest BCUT2D eigenvalue weighted by Crippen LogP contribution is -2.38. The van der Waals surface area contributed by atoms with Crippen LogP contribution in [0.3, 0.4) is 0 Å². The molecule has 25 heavy (non-hydrogen) atoms. The maximum Gasteiger partial charge on any atom is 0.251 e. The van der Waals surface area contributed by atoms with E-state index >= 15 is 0 Å². The lowest BCUT2D eigenvalue weighted by atomic mass is 9.96. The number of carbonyl (C=O) groups excluding carboxylic acids is 1. The van der Waals surface area contributed by atoms with E-state index in [1.165, 1.54) is 5.56 Å². The zero-order valence-corrected chi connectivity index (χ0v) is 15.6. The van der Waals surface area contributed by atoms with E-state index in [4.69, 9.17) is 4.74 Å². The van der Waals surface area contributed by atoms with Crippen LogP contribution in [0.4, 0.5) is 0 Å². The number of rotatable bonds is 7. The fourth-order valence-corrected chi connectivity index (χ4v) is 3.86. The molecule has 134 valence electrons. The Hall–Kier alpha value is -1.85. The number of piperidine rings is 1. The molecule has 0 unspecified atom stereocenters. The van der Waals surface area contributed by atoms with Crippen LogP contribution in [0, 0.1) is 5.92 Å². The molecule has 1 saturated heterocycles. The monoisotopic (exact) mass is 358 g/mol. The molecule has 0 spiro atoms. The Morgan fingerprint density at radius 3 is 2.64 bits per heavy atom. The van der Waals surface area contributed by atoms with Gasteiger partial charge >= 0.3 is 0 Å². The zero-order chi connectivity index (χ0) is 17.5. The van der Waals surface area contributed by atoms with E-state index < -0.39 is 0 Å². The summed E-state index contributed by atoms with van der Waals surface area (Å²) >= 11 is 1.76. The van der Waals surface area contributed by atoms with Crippen LogP contribution < -0.4 is 10.1 Å². The van der Waals surface area contributed by atoms with Crippen LogP contribution in [0.1, 0.15) is 35.7 Å². The molecule has 0 radical (unpaired) electrons. The van der Waals surface area contributed by atoms with E-state index in [-0.39, 0.29) is 5.91 Å². The molecule has 1 N–H and O–H groups in total. The summed E-state index contributed by atoms with van der Waals surface area (Å²) in [5.41, 5.74) is 2.10. The number of nitrogens with one attached hydrogen (secondary N) is 1. The van der Waals surface area contributed by atoms with Crippen LogP contribution in [0.15, 0.2) is 41.1 Å². The molecule has 3 rings (SSSR count). The maximum atomic E-state index is 12.3. The summed E-state index contributed by atoms with van der Waals surface area (Å²) < 4.78 is 5.41. The number of ether oxygens (including phenoxy) is 1. The van der Waals surface area contributed by atoms with Gasteiger partial charge in [-0.2, -0.15) is 11.3 Å². The Morgan fingerprint density at radius 2 is 2.00 bits per heavy atom. The smallest absolute Gasteiger partial charge is 0.251 e. The van der Waals surface area contributed by atoms with Gasteiger partial charge in [-0.3, -0.25) is 9.69 Å². The summed E-state index contributed by atoms with van der Waals surface area (Å²) in [5.74, 6) is 1.38. The number of likely N-dealkylation sites (tertiary alicyclic amines) is 1. The van der Waals surface area contributed by atoms with Crippen molar-refractivity contribution in [3.63, 3.8) is 0 Å². The summed E-state index contributed by atoms with van der Waals surface area (Å²) in [6.07, 6.45) is 2.29. The molecule has 1 fully saturated rings. The van der Waals surface area contributed by atoms with Gasteiger partial charge in [-0.05, 0) is 85.4 Å². The average molecular weight is 359 g/mol. The van der Waals surface area contributed by atoms with Crippen molar-refractivity contribution < 1.29 is 9.53 Å². The van der Waals surface area contributed by atoms with Crippen molar-refractivity contribution in [3.05, 3.63) is 52.2 Å². The minimum atomic E-state index is 0.00347. The normalized spacial score (nSPS) is 15.9. The molecule has 1 amide bonds. The van der Waals surface area contributed by atoms with Crippen LogP contribution in [0.5, 0.6) is 5.75 Å². The van der Waals surface area contributed by atoms with Crippen LogP contribution in [-0.4, -0.2) is 37.0 Å². The van der Waals surface area contributed by atoms with Crippen LogP contribution in [0.25, 0.3) is 0 Å². The highest BCUT2D eigenvalue weighted by atomic mass is 32.1. The third-order valence-electron chi connectivity index (χ3n) is 4.67. The molecule has 1 aliphatic rings. The molecule has 5 heteroatoms. The fraction of sp³-hybridized carbons (Fsp3) is 0.450. The molecule has 2 aromatic rings. The SMILES string of the molecule is CCOc1ccc(C(=O)NCC2CCN(Cc3ccsc3)CC2)cc1. The van der Waals surface area contributed by atoms with E-state index in [1.54, 1.807) is 11.3 Å². The first-order chi connectivity index (χ1) is 12.2. The van der Waals surface area contributed by atoms with Crippen molar-refractivity contribution in [2.45, 2.75) is 26.3 Å². The summed E-state index contributed by atoms with van der Waals surface area (Å²) in [6, 6.07) is 9.55. The van der Waals surface area contributed by atoms with Gasteiger partial charge in [0.25, 0.3) is 5.91 Å². The predicted octanol–water partition coefficient (Wildman–Crippen LogP) is 3.79. The number of hydrogen-bond donors (Lipinski definition) is 1. The predicted molar refractivity (Wildman–Crippen MR) is 102 cm³/mol. The Balaban J connectivity index is 1.39. The molecule has 0 atom stereocenters. The molecule has 1 aromatic carbocycles. The Labute approximate surface area is 153 Å². The highest BCUT2D eigenvalue weighted by Gasteiger charge is 2.20. The molecular weight excluding hydrogens is 332 g/mol. The number of amides is 1. The molecule has 0 bridgehead atoms. The van der Waals surface area contributed by atoms with Gasteiger partial charge in [-0.1, -0.05) is 0 Å². The summed E-state index contributed by atoms with van der Waals surface area (Å²) in [5, 5.41) is 7.45. The van der Waals surface area contributed by atoms with Crippen molar-refractivity contribution in [2.75, 3.05) is 26.2 Å². The second-order valence-corrected chi connectivity index (χ2v) is 7.30. The van der Waals surface area contributed by atoms with Crippen LogP contribution in [-0.2, 0) is 6.54 Å². The summed E-state index contributed by atoms with van der Waals surface area (Å²) in [7, 11) is 0. The van der Waals surface area contributed by atoms with Gasteiger partial charge in [0.2, 0.25) is 0 Å². The second kappa shape index (κ2) is 9.02. The molecule has 1 aromatic heterocycles. The number of thiophene rings is 1. The molecule has 4 nitrogen and oxygen atoms in total. The van der Waals surface area contributed by atoms with E-state index in [1.807, 2.05) is 31.2 Å².